The summed E-state index contributed by atoms with van der Waals surface area (Å²) in [5.41, 5.74) is 6.95. The summed E-state index contributed by atoms with van der Waals surface area (Å²) in [6.07, 6.45) is 0.859. The molecule has 0 aromatic heterocycles. The third-order valence-electron chi connectivity index (χ3n) is 3.55. The highest BCUT2D eigenvalue weighted by Crippen LogP contribution is 2.44. The second-order valence-electron chi connectivity index (χ2n) is 4.37. The van der Waals surface area contributed by atoms with Gasteiger partial charge in [0.2, 0.25) is 0 Å². The maximum atomic E-state index is 12.6. The van der Waals surface area contributed by atoms with E-state index in [-0.39, 0.29) is 11.0 Å². The third-order valence-corrected chi connectivity index (χ3v) is 4.24. The van der Waals surface area contributed by atoms with Gasteiger partial charge in [0.1, 0.15) is 0 Å². The van der Waals surface area contributed by atoms with E-state index < -0.39 is 6.43 Å². The largest absolute Gasteiger partial charge is 0.330 e. The van der Waals surface area contributed by atoms with Crippen molar-refractivity contribution in [1.82, 2.24) is 0 Å². The normalized spacial score (nSPS) is 18.6. The highest BCUT2D eigenvalue weighted by molar-refractivity contribution is 9.10. The molecule has 1 fully saturated rings. The lowest BCUT2D eigenvalue weighted by Crippen LogP contribution is -2.41. The van der Waals surface area contributed by atoms with Crippen molar-refractivity contribution in [2.24, 2.45) is 5.73 Å². The Bertz CT molecular complexity index is 383. The number of hydrogen-bond donors (Lipinski definition) is 1. The lowest BCUT2D eigenvalue weighted by atomic mass is 9.64. The molecule has 0 heterocycles. The zero-order chi connectivity index (χ0) is 11.8. The van der Waals surface area contributed by atoms with Gasteiger partial charge in [-0.1, -0.05) is 34.5 Å². The second kappa shape index (κ2) is 4.41. The Morgan fingerprint density at radius 1 is 1.38 bits per heavy atom. The molecular formula is C12H14BrF2N. The van der Waals surface area contributed by atoms with Crippen LogP contribution >= 0.6 is 15.9 Å². The summed E-state index contributed by atoms with van der Waals surface area (Å²) in [6, 6.07) is 5.09. The highest BCUT2D eigenvalue weighted by atomic mass is 79.9. The smallest absolute Gasteiger partial charge is 0.264 e. The predicted molar refractivity (Wildman–Crippen MR) is 63.7 cm³/mol. The van der Waals surface area contributed by atoms with Crippen molar-refractivity contribution in [3.63, 3.8) is 0 Å². The molecule has 0 aliphatic heterocycles. The van der Waals surface area contributed by atoms with Crippen LogP contribution in [0.25, 0.3) is 0 Å². The molecular weight excluding hydrogens is 276 g/mol. The fourth-order valence-electron chi connectivity index (χ4n) is 2.25. The van der Waals surface area contributed by atoms with Crippen LogP contribution in [0.3, 0.4) is 0 Å². The molecule has 88 valence electrons. The van der Waals surface area contributed by atoms with Crippen LogP contribution in [0.5, 0.6) is 0 Å². The topological polar surface area (TPSA) is 26.0 Å². The molecule has 0 saturated heterocycles. The average Bonchev–Trinajstić information content (AvgIpc) is 2.16. The molecule has 1 aliphatic rings. The predicted octanol–water partition coefficient (Wildman–Crippen LogP) is 3.77. The molecule has 0 amide bonds. The van der Waals surface area contributed by atoms with Crippen molar-refractivity contribution in [3.8, 4) is 0 Å². The van der Waals surface area contributed by atoms with Crippen LogP contribution in [0.2, 0.25) is 0 Å². The van der Waals surface area contributed by atoms with Crippen LogP contribution in [-0.4, -0.2) is 6.54 Å². The first-order valence-electron chi connectivity index (χ1n) is 5.37. The van der Waals surface area contributed by atoms with Crippen LogP contribution in [0.1, 0.15) is 36.8 Å². The summed E-state index contributed by atoms with van der Waals surface area (Å²) in [7, 11) is 0. The fourth-order valence-corrected chi connectivity index (χ4v) is 2.80. The Kier molecular flexibility index (Phi) is 3.31. The minimum absolute atomic E-state index is 0.0309. The van der Waals surface area contributed by atoms with Crippen molar-refractivity contribution < 1.29 is 8.78 Å². The Labute approximate surface area is 102 Å². The van der Waals surface area contributed by atoms with Crippen molar-refractivity contribution in [2.75, 3.05) is 6.54 Å². The van der Waals surface area contributed by atoms with Gasteiger partial charge in [-0.25, -0.2) is 8.78 Å². The van der Waals surface area contributed by atoms with Crippen molar-refractivity contribution in [1.29, 1.82) is 0 Å². The summed E-state index contributed by atoms with van der Waals surface area (Å²) in [4.78, 5) is 0. The van der Waals surface area contributed by atoms with Crippen molar-refractivity contribution in [3.05, 3.63) is 33.8 Å². The minimum atomic E-state index is -2.43. The minimum Gasteiger partial charge on any atom is -0.330 e. The standard InChI is InChI=1S/C12H14BrF2N/c13-10-6-8(2-3-9(10)11(14)15)12(7-16)4-1-5-12/h2-3,6,11H,1,4-5,7,16H2. The van der Waals surface area contributed by atoms with Crippen molar-refractivity contribution in [2.45, 2.75) is 31.1 Å². The lowest BCUT2D eigenvalue weighted by Gasteiger charge is -2.41. The monoisotopic (exact) mass is 289 g/mol. The van der Waals surface area contributed by atoms with Crippen LogP contribution in [0.15, 0.2) is 22.7 Å². The lowest BCUT2D eigenvalue weighted by molar-refractivity contribution is 0.150. The summed E-state index contributed by atoms with van der Waals surface area (Å²) in [5, 5.41) is 0. The Hall–Kier alpha value is -0.480. The average molecular weight is 290 g/mol. The van der Waals surface area contributed by atoms with Gasteiger partial charge < -0.3 is 5.73 Å². The van der Waals surface area contributed by atoms with Crippen LogP contribution in [-0.2, 0) is 5.41 Å². The first-order valence-corrected chi connectivity index (χ1v) is 6.16. The first-order chi connectivity index (χ1) is 7.59. The quantitative estimate of drug-likeness (QED) is 0.901. The number of hydrogen-bond acceptors (Lipinski definition) is 1. The molecule has 1 aromatic carbocycles. The molecule has 1 aliphatic carbocycles. The molecule has 1 saturated carbocycles. The van der Waals surface area contributed by atoms with E-state index in [9.17, 15) is 8.78 Å². The van der Waals surface area contributed by atoms with E-state index in [1.165, 1.54) is 12.5 Å². The van der Waals surface area contributed by atoms with Crippen molar-refractivity contribution >= 4 is 15.9 Å². The van der Waals surface area contributed by atoms with Gasteiger partial charge >= 0.3 is 0 Å². The molecule has 0 radical (unpaired) electrons. The van der Waals surface area contributed by atoms with E-state index in [4.69, 9.17) is 5.73 Å². The van der Waals surface area contributed by atoms with E-state index in [1.54, 1.807) is 12.1 Å². The summed E-state index contributed by atoms with van der Waals surface area (Å²) < 4.78 is 25.6. The molecule has 0 unspecified atom stereocenters. The van der Waals surface area contributed by atoms with Gasteiger partial charge in [0.25, 0.3) is 6.43 Å². The van der Waals surface area contributed by atoms with E-state index in [0.717, 1.165) is 18.4 Å². The van der Waals surface area contributed by atoms with Crippen LogP contribution in [0.4, 0.5) is 8.78 Å². The summed E-state index contributed by atoms with van der Waals surface area (Å²) in [5.74, 6) is 0. The first kappa shape index (κ1) is 12.0. The zero-order valence-corrected chi connectivity index (χ0v) is 10.4. The Balaban J connectivity index is 2.34. The number of rotatable bonds is 3. The Morgan fingerprint density at radius 2 is 2.06 bits per heavy atom. The molecule has 0 bridgehead atoms. The van der Waals surface area contributed by atoms with E-state index in [1.807, 2.05) is 0 Å². The summed E-state index contributed by atoms with van der Waals surface area (Å²) in [6.45, 7) is 0.591. The van der Waals surface area contributed by atoms with E-state index >= 15 is 0 Å². The summed E-state index contributed by atoms with van der Waals surface area (Å²) >= 11 is 3.20. The van der Waals surface area contributed by atoms with Gasteiger partial charge in [-0.3, -0.25) is 0 Å². The molecule has 1 aromatic rings. The highest BCUT2D eigenvalue weighted by Gasteiger charge is 2.37. The molecule has 16 heavy (non-hydrogen) atoms. The van der Waals surface area contributed by atoms with Gasteiger partial charge in [0.05, 0.1) is 0 Å². The van der Waals surface area contributed by atoms with Gasteiger partial charge in [0, 0.05) is 22.0 Å². The number of nitrogens with two attached hydrogens (primary N) is 1. The molecule has 4 heteroatoms. The van der Waals surface area contributed by atoms with Gasteiger partial charge in [-0.2, -0.15) is 0 Å². The fraction of sp³-hybridized carbons (Fsp3) is 0.500. The SMILES string of the molecule is NCC1(c2ccc(C(F)F)c(Br)c2)CCC1. The molecule has 0 spiro atoms. The van der Waals surface area contributed by atoms with Gasteiger partial charge in [0.15, 0.2) is 0 Å². The molecule has 0 atom stereocenters. The molecule has 2 N–H and O–H groups in total. The van der Waals surface area contributed by atoms with Gasteiger partial charge in [-0.15, -0.1) is 0 Å². The second-order valence-corrected chi connectivity index (χ2v) is 5.23. The van der Waals surface area contributed by atoms with Crippen LogP contribution in [0, 0.1) is 0 Å². The van der Waals surface area contributed by atoms with E-state index in [0.29, 0.717) is 11.0 Å². The molecule has 1 nitrogen and oxygen atoms in total. The Morgan fingerprint density at radius 3 is 2.44 bits per heavy atom. The van der Waals surface area contributed by atoms with E-state index in [2.05, 4.69) is 15.9 Å². The maximum absolute atomic E-state index is 12.6. The third kappa shape index (κ3) is 1.89. The van der Waals surface area contributed by atoms with Crippen LogP contribution < -0.4 is 5.73 Å². The number of benzene rings is 1. The number of alkyl halides is 2. The van der Waals surface area contributed by atoms with Gasteiger partial charge in [-0.05, 0) is 24.5 Å². The maximum Gasteiger partial charge on any atom is 0.264 e. The zero-order valence-electron chi connectivity index (χ0n) is 8.85. The number of halogens is 3. The molecule has 2 rings (SSSR count).